The third-order valence-corrected chi connectivity index (χ3v) is 13.5. The SMILES string of the molecule is CCCCCCCCCCCCCCCCCCCCCCCC(=O)OC[C@@H](CO[C@H]1O[C@@H](CO)[C@@H](O)C(O)C1O)OC(=O)CCCCCCCCCCCCCCCCCCCCC. The zero-order chi connectivity index (χ0) is 47.3. The van der Waals surface area contributed by atoms with Crippen LogP contribution in [0.3, 0.4) is 0 Å². The lowest BCUT2D eigenvalue weighted by Gasteiger charge is -2.39. The van der Waals surface area contributed by atoms with Gasteiger partial charge in [-0.3, -0.25) is 9.59 Å². The van der Waals surface area contributed by atoms with E-state index < -0.39 is 49.4 Å². The Morgan fingerprint density at radius 3 is 1.05 bits per heavy atom. The van der Waals surface area contributed by atoms with Crippen molar-refractivity contribution in [2.75, 3.05) is 19.8 Å². The third kappa shape index (κ3) is 37.3. The predicted molar refractivity (Wildman–Crippen MR) is 266 cm³/mol. The molecular formula is C55H106O10. The second-order valence-electron chi connectivity index (χ2n) is 19.8. The zero-order valence-corrected chi connectivity index (χ0v) is 42.5. The van der Waals surface area contributed by atoms with Crippen LogP contribution in [0.25, 0.3) is 0 Å². The third-order valence-electron chi connectivity index (χ3n) is 13.5. The Balaban J connectivity index is 2.19. The number of unbranched alkanes of at least 4 members (excludes halogenated alkanes) is 38. The van der Waals surface area contributed by atoms with E-state index >= 15 is 0 Å². The molecule has 1 saturated heterocycles. The monoisotopic (exact) mass is 927 g/mol. The first-order chi connectivity index (χ1) is 31.8. The molecule has 6 atom stereocenters. The fraction of sp³-hybridized carbons (Fsp3) is 0.964. The molecule has 2 unspecified atom stereocenters. The molecule has 10 heteroatoms. The molecule has 4 N–H and O–H groups in total. The molecule has 386 valence electrons. The average molecular weight is 927 g/mol. The molecule has 1 fully saturated rings. The second kappa shape index (κ2) is 46.4. The van der Waals surface area contributed by atoms with E-state index in [4.69, 9.17) is 18.9 Å². The van der Waals surface area contributed by atoms with Crippen molar-refractivity contribution in [3.8, 4) is 0 Å². The van der Waals surface area contributed by atoms with Crippen molar-refractivity contribution >= 4 is 11.9 Å². The van der Waals surface area contributed by atoms with Crippen LogP contribution in [0.15, 0.2) is 0 Å². The van der Waals surface area contributed by atoms with E-state index in [0.717, 1.165) is 32.1 Å². The fourth-order valence-electron chi connectivity index (χ4n) is 9.08. The van der Waals surface area contributed by atoms with Crippen LogP contribution in [0.2, 0.25) is 0 Å². The maximum absolute atomic E-state index is 12.9. The van der Waals surface area contributed by atoms with Gasteiger partial charge in [0.15, 0.2) is 12.4 Å². The highest BCUT2D eigenvalue weighted by Gasteiger charge is 2.44. The number of aliphatic hydroxyl groups is 4. The van der Waals surface area contributed by atoms with Gasteiger partial charge in [0.2, 0.25) is 0 Å². The van der Waals surface area contributed by atoms with Crippen LogP contribution in [0.4, 0.5) is 0 Å². The summed E-state index contributed by atoms with van der Waals surface area (Å²) in [4.78, 5) is 25.5. The number of carbonyl (C=O) groups excluding carboxylic acids is 2. The molecule has 65 heavy (non-hydrogen) atoms. The molecule has 10 nitrogen and oxygen atoms in total. The van der Waals surface area contributed by atoms with Gasteiger partial charge in [0.05, 0.1) is 13.2 Å². The van der Waals surface area contributed by atoms with Gasteiger partial charge in [0.25, 0.3) is 0 Å². The van der Waals surface area contributed by atoms with Gasteiger partial charge in [-0.2, -0.15) is 0 Å². The first kappa shape index (κ1) is 61.7. The van der Waals surface area contributed by atoms with Crippen LogP contribution in [-0.4, -0.2) is 89.0 Å². The summed E-state index contributed by atoms with van der Waals surface area (Å²) >= 11 is 0. The van der Waals surface area contributed by atoms with Crippen molar-refractivity contribution in [3.63, 3.8) is 0 Å². The number of ether oxygens (including phenoxy) is 4. The molecule has 0 aromatic rings. The molecule has 0 spiro atoms. The highest BCUT2D eigenvalue weighted by Crippen LogP contribution is 2.23. The minimum absolute atomic E-state index is 0.208. The van der Waals surface area contributed by atoms with Gasteiger partial charge in [0.1, 0.15) is 31.0 Å². The van der Waals surface area contributed by atoms with Crippen molar-refractivity contribution in [3.05, 3.63) is 0 Å². The van der Waals surface area contributed by atoms with E-state index in [1.807, 2.05) is 0 Å². The van der Waals surface area contributed by atoms with Crippen LogP contribution in [0.1, 0.15) is 284 Å². The van der Waals surface area contributed by atoms with Crippen LogP contribution >= 0.6 is 0 Å². The molecule has 0 saturated carbocycles. The molecular weight excluding hydrogens is 821 g/mol. The van der Waals surface area contributed by atoms with E-state index in [-0.39, 0.29) is 32.0 Å². The van der Waals surface area contributed by atoms with E-state index in [9.17, 15) is 30.0 Å². The highest BCUT2D eigenvalue weighted by molar-refractivity contribution is 5.70. The normalized spacial score (nSPS) is 19.1. The summed E-state index contributed by atoms with van der Waals surface area (Å²) in [7, 11) is 0. The topological polar surface area (TPSA) is 152 Å². The largest absolute Gasteiger partial charge is 0.462 e. The van der Waals surface area contributed by atoms with Crippen LogP contribution < -0.4 is 0 Å². The second-order valence-corrected chi connectivity index (χ2v) is 19.8. The Hall–Kier alpha value is -1.30. The summed E-state index contributed by atoms with van der Waals surface area (Å²) in [6.45, 7) is 3.50. The van der Waals surface area contributed by atoms with Gasteiger partial charge in [0, 0.05) is 12.8 Å². The summed E-state index contributed by atoms with van der Waals surface area (Å²) in [5.74, 6) is -0.782. The van der Waals surface area contributed by atoms with Gasteiger partial charge in [-0.25, -0.2) is 0 Å². The summed E-state index contributed by atoms with van der Waals surface area (Å²) in [6.07, 6.45) is 44.0. The summed E-state index contributed by atoms with van der Waals surface area (Å²) in [6, 6.07) is 0. The summed E-state index contributed by atoms with van der Waals surface area (Å²) < 4.78 is 22.3. The standard InChI is InChI=1S/C55H106O10/c1-3-5-7-9-11-13-15-17-19-21-23-24-26-27-29-31-33-35-37-39-41-43-50(57)62-46-48(47-63-55-54(61)53(60)52(59)49(45-56)65-55)64-51(58)44-42-40-38-36-34-32-30-28-25-22-20-18-16-14-12-10-8-6-4-2/h48-49,52-56,59-61H,3-47H2,1-2H3/t48-,49-,52+,53?,54?,55-/m0/s1. The molecule has 1 heterocycles. The molecule has 1 rings (SSSR count). The number of esters is 2. The van der Waals surface area contributed by atoms with Crippen LogP contribution in [0.5, 0.6) is 0 Å². The Labute approximate surface area is 399 Å². The number of aliphatic hydroxyl groups excluding tert-OH is 4. The van der Waals surface area contributed by atoms with E-state index in [0.29, 0.717) is 6.42 Å². The quantitative estimate of drug-likeness (QED) is 0.0343. The zero-order valence-electron chi connectivity index (χ0n) is 42.5. The molecule has 1 aliphatic rings. The van der Waals surface area contributed by atoms with Crippen molar-refractivity contribution in [1.29, 1.82) is 0 Å². The first-order valence-electron chi connectivity index (χ1n) is 28.1. The van der Waals surface area contributed by atoms with Gasteiger partial charge in [-0.15, -0.1) is 0 Å². The van der Waals surface area contributed by atoms with E-state index in [1.165, 1.54) is 218 Å². The Kier molecular flexibility index (Phi) is 44.1. The number of carbonyl (C=O) groups is 2. The minimum Gasteiger partial charge on any atom is -0.462 e. The van der Waals surface area contributed by atoms with E-state index in [2.05, 4.69) is 13.8 Å². The Morgan fingerprint density at radius 1 is 0.415 bits per heavy atom. The lowest BCUT2D eigenvalue weighted by molar-refractivity contribution is -0.305. The summed E-state index contributed by atoms with van der Waals surface area (Å²) in [5, 5.41) is 40.3. The maximum atomic E-state index is 12.9. The van der Waals surface area contributed by atoms with Crippen molar-refractivity contribution in [1.82, 2.24) is 0 Å². The van der Waals surface area contributed by atoms with Gasteiger partial charge in [-0.1, -0.05) is 258 Å². The summed E-state index contributed by atoms with van der Waals surface area (Å²) in [5.41, 5.74) is 0. The minimum atomic E-state index is -1.59. The van der Waals surface area contributed by atoms with Crippen LogP contribution in [0, 0.1) is 0 Å². The first-order valence-corrected chi connectivity index (χ1v) is 28.1. The van der Waals surface area contributed by atoms with Gasteiger partial charge >= 0.3 is 11.9 Å². The molecule has 1 aliphatic heterocycles. The molecule has 0 amide bonds. The van der Waals surface area contributed by atoms with Crippen molar-refractivity contribution in [2.45, 2.75) is 320 Å². The number of hydrogen-bond donors (Lipinski definition) is 4. The van der Waals surface area contributed by atoms with Crippen molar-refractivity contribution in [2.24, 2.45) is 0 Å². The average Bonchev–Trinajstić information content (AvgIpc) is 3.30. The van der Waals surface area contributed by atoms with E-state index in [1.54, 1.807) is 0 Å². The molecule has 0 bridgehead atoms. The molecule has 0 aromatic carbocycles. The molecule has 0 aromatic heterocycles. The predicted octanol–water partition coefficient (Wildman–Crippen LogP) is 13.7. The Bertz CT molecular complexity index is 1030. The number of rotatable bonds is 49. The smallest absolute Gasteiger partial charge is 0.306 e. The fourth-order valence-corrected chi connectivity index (χ4v) is 9.08. The maximum Gasteiger partial charge on any atom is 0.306 e. The van der Waals surface area contributed by atoms with Gasteiger partial charge < -0.3 is 39.4 Å². The Morgan fingerprint density at radius 2 is 0.723 bits per heavy atom. The number of hydrogen-bond acceptors (Lipinski definition) is 10. The molecule has 0 radical (unpaired) electrons. The lowest BCUT2D eigenvalue weighted by atomic mass is 9.99. The highest BCUT2D eigenvalue weighted by atomic mass is 16.7. The van der Waals surface area contributed by atoms with Crippen LogP contribution in [-0.2, 0) is 28.5 Å². The van der Waals surface area contributed by atoms with Crippen molar-refractivity contribution < 1.29 is 49.0 Å². The van der Waals surface area contributed by atoms with Gasteiger partial charge in [-0.05, 0) is 12.8 Å². The lowest BCUT2D eigenvalue weighted by Crippen LogP contribution is -2.59. The molecule has 0 aliphatic carbocycles.